The molecule has 2 aliphatic heterocycles. The van der Waals surface area contributed by atoms with Crippen molar-refractivity contribution in [2.45, 2.75) is 12.4 Å². The molecule has 12 nitrogen and oxygen atoms in total. The van der Waals surface area contributed by atoms with E-state index >= 15 is 0 Å². The third-order valence-corrected chi connectivity index (χ3v) is 8.44. The van der Waals surface area contributed by atoms with Crippen LogP contribution < -0.4 is 24.3 Å². The Morgan fingerprint density at radius 2 is 1.18 bits per heavy atom. The first-order valence-corrected chi connectivity index (χ1v) is 17.5. The van der Waals surface area contributed by atoms with Crippen molar-refractivity contribution in [2.24, 2.45) is 0 Å². The maximum atomic E-state index is 13.2. The second kappa shape index (κ2) is 20.4. The maximum absolute atomic E-state index is 13.2. The minimum absolute atomic E-state index is 0. The van der Waals surface area contributed by atoms with Gasteiger partial charge in [0, 0.05) is 24.8 Å². The molecule has 4 aromatic carbocycles. The lowest BCUT2D eigenvalue weighted by Crippen LogP contribution is -2.32. The lowest BCUT2D eigenvalue weighted by Gasteiger charge is -2.19. The molecule has 1 N–H and O–H groups in total. The van der Waals surface area contributed by atoms with Gasteiger partial charge < -0.3 is 29.2 Å². The average molecular weight is 800 g/mol. The van der Waals surface area contributed by atoms with Crippen LogP contribution in [-0.4, -0.2) is 77.1 Å². The highest BCUT2D eigenvalue weighted by Crippen LogP contribution is 2.31. The Labute approximate surface area is 341 Å². The zero-order valence-electron chi connectivity index (χ0n) is 34.3. The van der Waals surface area contributed by atoms with Crippen LogP contribution in [0.25, 0.3) is 22.3 Å². The largest absolute Gasteiger partial charge is 0.497 e. The number of halogens is 2. The van der Waals surface area contributed by atoms with E-state index in [0.717, 1.165) is 33.8 Å². The van der Waals surface area contributed by atoms with Crippen LogP contribution >= 0.6 is 24.0 Å². The number of nitrogens with zero attached hydrogens (tertiary/aromatic N) is 5. The predicted molar refractivity (Wildman–Crippen MR) is 216 cm³/mol. The van der Waals surface area contributed by atoms with E-state index in [1.165, 1.54) is 4.90 Å². The summed E-state index contributed by atoms with van der Waals surface area (Å²) in [5, 5.41) is 2.53. The van der Waals surface area contributed by atoms with Crippen LogP contribution in [0.1, 0.15) is 37.8 Å². The number of fused-ring (bicyclic) bond motifs is 2. The van der Waals surface area contributed by atoms with Gasteiger partial charge in [0.15, 0.2) is 0 Å². The van der Waals surface area contributed by atoms with E-state index < -0.39 is 13.1 Å². The van der Waals surface area contributed by atoms with Crippen LogP contribution in [0.3, 0.4) is 0 Å². The fourth-order valence-electron chi connectivity index (χ4n) is 5.37. The van der Waals surface area contributed by atoms with Crippen molar-refractivity contribution in [1.29, 1.82) is 0 Å². The molecule has 0 bridgehead atoms. The summed E-state index contributed by atoms with van der Waals surface area (Å²) in [6.07, 6.45) is 6.52. The van der Waals surface area contributed by atoms with E-state index in [2.05, 4.69) is 25.3 Å². The number of alkyl halides is 1. The molecular formula is C42H40Cl2N6O6. The quantitative estimate of drug-likeness (QED) is 0.164. The summed E-state index contributed by atoms with van der Waals surface area (Å²) >= 11 is 5.40. The highest BCUT2D eigenvalue weighted by atomic mass is 35.5. The normalized spacial score (nSPS) is 15.6. The van der Waals surface area contributed by atoms with E-state index in [4.69, 9.17) is 36.0 Å². The summed E-state index contributed by atoms with van der Waals surface area (Å²) in [6, 6.07) is 28.7. The van der Waals surface area contributed by atoms with E-state index in [0.29, 0.717) is 28.7 Å². The van der Waals surface area contributed by atoms with Crippen LogP contribution in [0, 0.1) is 0 Å². The first-order chi connectivity index (χ1) is 28.4. The molecule has 56 heavy (non-hydrogen) atoms. The fraction of sp³-hybridized carbons (Fsp3) is 0.190. The van der Waals surface area contributed by atoms with E-state index in [9.17, 15) is 9.59 Å². The summed E-state index contributed by atoms with van der Waals surface area (Å²) in [7, 11) is 3.21. The number of hydrogen-bond donors (Lipinski definition) is 1. The van der Waals surface area contributed by atoms with Gasteiger partial charge in [0.25, 0.3) is 11.8 Å². The van der Waals surface area contributed by atoms with Gasteiger partial charge in [-0.1, -0.05) is 36.4 Å². The molecule has 2 aliphatic rings. The summed E-state index contributed by atoms with van der Waals surface area (Å²) in [6.45, 7) is -4.26. The SMILES string of the molecule is Cl.ClCc1ncccn1.[2H]C1([2H])CN(Cc2ncccn2)C(=O)c2cc(-c3ccc(OC)cc3)ccc2O1.[2H]C1([2H])CNC(=O)c2cc(-c3ccc(OC)cc3)ccc2O1. The molecule has 0 saturated carbocycles. The monoisotopic (exact) mass is 798 g/mol. The van der Waals surface area contributed by atoms with Gasteiger partial charge in [0.05, 0.1) is 56.3 Å². The molecule has 4 heterocycles. The van der Waals surface area contributed by atoms with E-state index in [-0.39, 0.29) is 55.4 Å². The highest BCUT2D eigenvalue weighted by molar-refractivity contribution is 6.16. The predicted octanol–water partition coefficient (Wildman–Crippen LogP) is 7.31. The first kappa shape index (κ1) is 35.5. The topological polar surface area (TPSA) is 138 Å². The number of amides is 2. The van der Waals surface area contributed by atoms with Gasteiger partial charge >= 0.3 is 0 Å². The molecule has 6 aromatic rings. The first-order valence-electron chi connectivity index (χ1n) is 19.0. The van der Waals surface area contributed by atoms with Gasteiger partial charge in [-0.2, -0.15) is 0 Å². The number of methoxy groups -OCH3 is 2. The number of carbonyl (C=O) groups excluding carboxylic acids is 2. The van der Waals surface area contributed by atoms with Crippen molar-refractivity contribution in [3.05, 3.63) is 145 Å². The van der Waals surface area contributed by atoms with Crippen molar-refractivity contribution >= 4 is 35.8 Å². The van der Waals surface area contributed by atoms with Crippen molar-refractivity contribution in [2.75, 3.05) is 40.4 Å². The van der Waals surface area contributed by atoms with Crippen molar-refractivity contribution in [1.82, 2.24) is 30.2 Å². The van der Waals surface area contributed by atoms with Crippen LogP contribution in [0.5, 0.6) is 23.0 Å². The van der Waals surface area contributed by atoms with E-state index in [1.807, 2.05) is 48.5 Å². The molecule has 0 radical (unpaired) electrons. The number of nitrogens with one attached hydrogen (secondary N) is 1. The Kier molecular flexibility index (Phi) is 12.9. The molecule has 0 fully saturated rings. The molecule has 288 valence electrons. The van der Waals surface area contributed by atoms with E-state index in [1.54, 1.807) is 87.5 Å². The molecule has 2 aromatic heterocycles. The van der Waals surface area contributed by atoms with Crippen molar-refractivity contribution in [3.8, 4) is 45.3 Å². The summed E-state index contributed by atoms with van der Waals surface area (Å²) < 4.78 is 52.7. The van der Waals surface area contributed by atoms with Crippen LogP contribution in [-0.2, 0) is 12.4 Å². The average Bonchev–Trinajstić information content (AvgIpc) is 3.44. The van der Waals surface area contributed by atoms with Crippen molar-refractivity contribution < 1.29 is 34.0 Å². The third kappa shape index (κ3) is 10.7. The Hall–Kier alpha value is -6.24. The molecule has 0 saturated heterocycles. The Bertz CT molecular complexity index is 2370. The molecule has 8 rings (SSSR count). The molecule has 0 spiro atoms. The van der Waals surface area contributed by atoms with Crippen LogP contribution in [0.2, 0.25) is 0 Å². The van der Waals surface area contributed by atoms with Gasteiger partial charge in [-0.05, 0) is 82.9 Å². The summed E-state index contributed by atoms with van der Waals surface area (Å²) in [5.74, 6) is 2.79. The molecule has 0 aliphatic carbocycles. The molecular weight excluding hydrogens is 755 g/mol. The second-order valence-corrected chi connectivity index (χ2v) is 11.9. The van der Waals surface area contributed by atoms with Gasteiger partial charge in [0.1, 0.15) is 47.8 Å². The minimum Gasteiger partial charge on any atom is -0.497 e. The standard InChI is InChI=1S/C21H19N3O3.C16H15NO3.C5H5ClN2.ClH/c1-26-17-6-3-15(4-7-17)16-5-8-19-18(13-16)21(25)24(11-12-27-19)14-20-22-9-2-10-23-20;1-19-13-5-2-11(3-6-13)12-4-7-15-14(10-12)16(18)17-8-9-20-15;6-4-5-7-2-1-3-8-5;/h2-10,13H,11-12,14H2,1H3;2-7,10H,8-9H2,1H3,(H,17,18);1-3H,4H2;1H/i12D2;9D2;;. The third-order valence-electron chi connectivity index (χ3n) is 8.20. The zero-order chi connectivity index (χ0) is 42.0. The molecule has 14 heteroatoms. The molecule has 0 unspecified atom stereocenters. The van der Waals surface area contributed by atoms with Gasteiger partial charge in [0.2, 0.25) is 0 Å². The smallest absolute Gasteiger partial charge is 0.258 e. The lowest BCUT2D eigenvalue weighted by atomic mass is 10.0. The highest BCUT2D eigenvalue weighted by Gasteiger charge is 2.25. The number of ether oxygens (including phenoxy) is 4. The zero-order valence-corrected chi connectivity index (χ0v) is 31.9. The summed E-state index contributed by atoms with van der Waals surface area (Å²) in [4.78, 5) is 42.7. The Morgan fingerprint density at radius 1 is 0.696 bits per heavy atom. The number of hydrogen-bond acceptors (Lipinski definition) is 10. The molecule has 2 amide bonds. The second-order valence-electron chi connectivity index (χ2n) is 11.7. The fourth-order valence-corrected chi connectivity index (χ4v) is 5.51. The van der Waals surface area contributed by atoms with Gasteiger partial charge in [-0.3, -0.25) is 9.59 Å². The van der Waals surface area contributed by atoms with Crippen molar-refractivity contribution in [3.63, 3.8) is 0 Å². The number of carbonyl (C=O) groups is 2. The Balaban J connectivity index is 0.000000194. The minimum atomic E-state index is -2.03. The number of aromatic nitrogens is 4. The maximum Gasteiger partial charge on any atom is 0.258 e. The number of rotatable bonds is 7. The van der Waals surface area contributed by atoms with Crippen LogP contribution in [0.4, 0.5) is 0 Å². The molecule has 0 atom stereocenters. The van der Waals surface area contributed by atoms with Gasteiger partial charge in [-0.15, -0.1) is 24.0 Å². The van der Waals surface area contributed by atoms with Gasteiger partial charge in [-0.25, -0.2) is 19.9 Å². The lowest BCUT2D eigenvalue weighted by molar-refractivity contribution is 0.0738. The van der Waals surface area contributed by atoms with Crippen LogP contribution in [0.15, 0.2) is 122 Å². The summed E-state index contributed by atoms with van der Waals surface area (Å²) in [5.41, 5.74) is 4.14. The number of benzene rings is 4. The Morgan fingerprint density at radius 3 is 1.70 bits per heavy atom.